The van der Waals surface area contributed by atoms with E-state index in [1.165, 1.54) is 0 Å². The highest BCUT2D eigenvalue weighted by atomic mass is 35.5. The second-order valence-electron chi connectivity index (χ2n) is 5.78. The van der Waals surface area contributed by atoms with Crippen LogP contribution >= 0.6 is 22.9 Å². The highest BCUT2D eigenvalue weighted by molar-refractivity contribution is 7.17. The summed E-state index contributed by atoms with van der Waals surface area (Å²) in [5, 5.41) is 13.9. The predicted octanol–water partition coefficient (Wildman–Crippen LogP) is 3.97. The van der Waals surface area contributed by atoms with Crippen molar-refractivity contribution in [3.05, 3.63) is 41.0 Å². The number of aliphatic hydroxyl groups is 1. The molecule has 3 heterocycles. The minimum Gasteiger partial charge on any atom is -0.391 e. The maximum Gasteiger partial charge on any atom is 0.141 e. The number of rotatable bonds is 2. The summed E-state index contributed by atoms with van der Waals surface area (Å²) in [7, 11) is 0. The van der Waals surface area contributed by atoms with Gasteiger partial charge in [-0.2, -0.15) is 0 Å². The molecule has 3 aromatic rings. The van der Waals surface area contributed by atoms with E-state index in [1.807, 2.05) is 24.3 Å². The van der Waals surface area contributed by atoms with Crippen molar-refractivity contribution in [3.8, 4) is 11.1 Å². The summed E-state index contributed by atoms with van der Waals surface area (Å²) in [5.74, 6) is 0.917. The van der Waals surface area contributed by atoms with Gasteiger partial charge in [-0.25, -0.2) is 9.97 Å². The van der Waals surface area contributed by atoms with Gasteiger partial charge in [0.15, 0.2) is 0 Å². The lowest BCUT2D eigenvalue weighted by Gasteiger charge is -2.31. The Balaban J connectivity index is 1.85. The molecule has 0 aliphatic carbocycles. The number of thiophene rings is 1. The topological polar surface area (TPSA) is 49.2 Å². The number of piperidine rings is 1. The first-order valence-corrected chi connectivity index (χ1v) is 8.89. The fourth-order valence-corrected chi connectivity index (χ4v) is 4.12. The van der Waals surface area contributed by atoms with Gasteiger partial charge in [0.1, 0.15) is 17.0 Å². The van der Waals surface area contributed by atoms with E-state index in [0.717, 1.165) is 51.6 Å². The number of fused-ring (bicyclic) bond motifs is 1. The average molecular weight is 346 g/mol. The molecule has 1 N–H and O–H groups in total. The van der Waals surface area contributed by atoms with E-state index in [1.54, 1.807) is 17.7 Å². The lowest BCUT2D eigenvalue weighted by atomic mass is 10.0. The number of β-amino-alcohol motifs (C(OH)–C–C–N with tert-alkyl or cyclic N) is 1. The van der Waals surface area contributed by atoms with Gasteiger partial charge in [-0.1, -0.05) is 23.7 Å². The number of aromatic nitrogens is 2. The first-order chi connectivity index (χ1) is 11.2. The molecule has 1 unspecified atom stereocenters. The van der Waals surface area contributed by atoms with E-state index in [0.29, 0.717) is 6.54 Å². The average Bonchev–Trinajstić information content (AvgIpc) is 3.00. The third-order valence-electron chi connectivity index (χ3n) is 4.20. The van der Waals surface area contributed by atoms with Gasteiger partial charge < -0.3 is 10.0 Å². The fourth-order valence-electron chi connectivity index (χ4n) is 3.09. The minimum atomic E-state index is -0.286. The maximum absolute atomic E-state index is 9.98. The Morgan fingerprint density at radius 1 is 1.22 bits per heavy atom. The van der Waals surface area contributed by atoms with Gasteiger partial charge in [0.25, 0.3) is 0 Å². The van der Waals surface area contributed by atoms with Crippen LogP contribution in [0.15, 0.2) is 36.0 Å². The molecule has 4 rings (SSSR count). The molecule has 0 saturated carbocycles. The molecule has 0 spiro atoms. The number of hydrogen-bond donors (Lipinski definition) is 1. The molecule has 118 valence electrons. The van der Waals surface area contributed by atoms with Crippen LogP contribution in [0.5, 0.6) is 0 Å². The van der Waals surface area contributed by atoms with Crippen LogP contribution in [0.2, 0.25) is 5.02 Å². The molecule has 23 heavy (non-hydrogen) atoms. The third kappa shape index (κ3) is 2.80. The van der Waals surface area contributed by atoms with Crippen molar-refractivity contribution in [2.24, 2.45) is 0 Å². The number of benzene rings is 1. The van der Waals surface area contributed by atoms with Crippen LogP contribution < -0.4 is 4.90 Å². The molecule has 6 heteroatoms. The van der Waals surface area contributed by atoms with E-state index >= 15 is 0 Å². The van der Waals surface area contributed by atoms with Gasteiger partial charge >= 0.3 is 0 Å². The zero-order valence-electron chi connectivity index (χ0n) is 12.4. The summed E-state index contributed by atoms with van der Waals surface area (Å²) < 4.78 is 0. The summed E-state index contributed by atoms with van der Waals surface area (Å²) in [5.41, 5.74) is 2.23. The van der Waals surface area contributed by atoms with Crippen molar-refractivity contribution in [2.75, 3.05) is 18.0 Å². The Hall–Kier alpha value is -1.69. The highest BCUT2D eigenvalue weighted by Gasteiger charge is 2.23. The smallest absolute Gasteiger partial charge is 0.141 e. The number of hydrogen-bond acceptors (Lipinski definition) is 5. The van der Waals surface area contributed by atoms with Gasteiger partial charge in [0.05, 0.1) is 11.5 Å². The number of anilines is 1. The Bertz CT molecular complexity index is 833. The summed E-state index contributed by atoms with van der Waals surface area (Å²) in [6, 6.07) is 7.83. The number of nitrogens with zero attached hydrogens (tertiary/aromatic N) is 3. The Kier molecular flexibility index (Phi) is 3.93. The van der Waals surface area contributed by atoms with Crippen molar-refractivity contribution in [3.63, 3.8) is 0 Å². The number of aliphatic hydroxyl groups excluding tert-OH is 1. The SMILES string of the molecule is OC1CCCN(c2ncnc3scc(-c4ccc(Cl)cc4)c23)C1. The molecule has 1 atom stereocenters. The van der Waals surface area contributed by atoms with E-state index in [2.05, 4.69) is 20.2 Å². The normalized spacial score (nSPS) is 18.5. The standard InChI is InChI=1S/C17H16ClN3OS/c18-12-5-3-11(4-6-12)14-9-23-17-15(14)16(19-10-20-17)21-7-1-2-13(22)8-21/h3-6,9-10,13,22H,1-2,7-8H2. The predicted molar refractivity (Wildman–Crippen MR) is 95.3 cm³/mol. The summed E-state index contributed by atoms with van der Waals surface area (Å²) in [6.45, 7) is 1.54. The third-order valence-corrected chi connectivity index (χ3v) is 5.34. The molecule has 1 fully saturated rings. The van der Waals surface area contributed by atoms with E-state index in [4.69, 9.17) is 11.6 Å². The molecule has 0 amide bonds. The van der Waals surface area contributed by atoms with E-state index < -0.39 is 0 Å². The van der Waals surface area contributed by atoms with Crippen LogP contribution in [-0.2, 0) is 0 Å². The van der Waals surface area contributed by atoms with Gasteiger partial charge in [-0.3, -0.25) is 0 Å². The minimum absolute atomic E-state index is 0.286. The van der Waals surface area contributed by atoms with Crippen LogP contribution in [0.4, 0.5) is 5.82 Å². The van der Waals surface area contributed by atoms with Gasteiger partial charge in [-0.05, 0) is 30.5 Å². The Labute approximate surface area is 143 Å². The van der Waals surface area contributed by atoms with Gasteiger partial charge in [0, 0.05) is 29.1 Å². The zero-order valence-corrected chi connectivity index (χ0v) is 14.0. The van der Waals surface area contributed by atoms with Crippen molar-refractivity contribution in [2.45, 2.75) is 18.9 Å². The quantitative estimate of drug-likeness (QED) is 0.763. The molecule has 1 aliphatic heterocycles. The fraction of sp³-hybridized carbons (Fsp3) is 0.294. The summed E-state index contributed by atoms with van der Waals surface area (Å²) >= 11 is 7.62. The molecular weight excluding hydrogens is 330 g/mol. The Morgan fingerprint density at radius 3 is 2.83 bits per heavy atom. The molecular formula is C17H16ClN3OS. The molecule has 4 nitrogen and oxygen atoms in total. The highest BCUT2D eigenvalue weighted by Crippen LogP contribution is 2.38. The molecule has 1 aromatic carbocycles. The lowest BCUT2D eigenvalue weighted by Crippen LogP contribution is -2.38. The van der Waals surface area contributed by atoms with Crippen molar-refractivity contribution in [1.29, 1.82) is 0 Å². The molecule has 0 bridgehead atoms. The van der Waals surface area contributed by atoms with E-state index in [-0.39, 0.29) is 6.10 Å². The summed E-state index contributed by atoms with van der Waals surface area (Å²) in [6.07, 6.45) is 3.16. The lowest BCUT2D eigenvalue weighted by molar-refractivity contribution is 0.154. The van der Waals surface area contributed by atoms with Gasteiger partial charge in [-0.15, -0.1) is 11.3 Å². The first kappa shape index (κ1) is 14.9. The van der Waals surface area contributed by atoms with Crippen LogP contribution in [0, 0.1) is 0 Å². The monoisotopic (exact) mass is 345 g/mol. The molecule has 0 radical (unpaired) electrons. The summed E-state index contributed by atoms with van der Waals surface area (Å²) in [4.78, 5) is 12.1. The van der Waals surface area contributed by atoms with Crippen LogP contribution in [0.1, 0.15) is 12.8 Å². The van der Waals surface area contributed by atoms with E-state index in [9.17, 15) is 5.11 Å². The second kappa shape index (κ2) is 6.07. The Morgan fingerprint density at radius 2 is 2.04 bits per heavy atom. The van der Waals surface area contributed by atoms with Crippen LogP contribution in [0.3, 0.4) is 0 Å². The van der Waals surface area contributed by atoms with Crippen LogP contribution in [0.25, 0.3) is 21.3 Å². The molecule has 2 aromatic heterocycles. The molecule has 1 aliphatic rings. The van der Waals surface area contributed by atoms with Crippen molar-refractivity contribution >= 4 is 39.0 Å². The van der Waals surface area contributed by atoms with Crippen molar-refractivity contribution < 1.29 is 5.11 Å². The van der Waals surface area contributed by atoms with Crippen molar-refractivity contribution in [1.82, 2.24) is 9.97 Å². The first-order valence-electron chi connectivity index (χ1n) is 7.63. The van der Waals surface area contributed by atoms with Gasteiger partial charge in [0.2, 0.25) is 0 Å². The van der Waals surface area contributed by atoms with Crippen LogP contribution in [-0.4, -0.2) is 34.3 Å². The second-order valence-corrected chi connectivity index (χ2v) is 7.07. The number of halogens is 1. The largest absolute Gasteiger partial charge is 0.391 e. The zero-order chi connectivity index (χ0) is 15.8. The maximum atomic E-state index is 9.98. The molecule has 1 saturated heterocycles.